The van der Waals surface area contributed by atoms with E-state index in [1.807, 2.05) is 6.07 Å². The van der Waals surface area contributed by atoms with Crippen molar-refractivity contribution < 1.29 is 13.5 Å². The van der Waals surface area contributed by atoms with Crippen LogP contribution in [0.5, 0.6) is 0 Å². The predicted molar refractivity (Wildman–Crippen MR) is 60.3 cm³/mol. The van der Waals surface area contributed by atoms with Gasteiger partial charge in [-0.1, -0.05) is 0 Å². The highest BCUT2D eigenvalue weighted by Gasteiger charge is 2.09. The minimum atomic E-state index is -3.41. The third kappa shape index (κ3) is 3.88. The van der Waals surface area contributed by atoms with E-state index in [-0.39, 0.29) is 18.8 Å². The summed E-state index contributed by atoms with van der Waals surface area (Å²) in [7, 11) is -3.41. The standard InChI is InChI=1S/C10H12N2O3S/c11-8-9-2-4-10(5-3-9)12-16(14,15)7-1-6-13/h2-5,12-13H,1,6-7H2. The average molecular weight is 240 g/mol. The van der Waals surface area contributed by atoms with Crippen LogP contribution < -0.4 is 4.72 Å². The van der Waals surface area contributed by atoms with Crippen molar-refractivity contribution in [1.82, 2.24) is 0 Å². The van der Waals surface area contributed by atoms with Gasteiger partial charge in [0.25, 0.3) is 0 Å². The number of aliphatic hydroxyl groups is 1. The Morgan fingerprint density at radius 1 is 1.31 bits per heavy atom. The van der Waals surface area contributed by atoms with E-state index < -0.39 is 10.0 Å². The molecule has 1 aromatic carbocycles. The Morgan fingerprint density at radius 2 is 1.94 bits per heavy atom. The van der Waals surface area contributed by atoms with Crippen LogP contribution in [0.4, 0.5) is 5.69 Å². The van der Waals surface area contributed by atoms with Gasteiger partial charge in [0, 0.05) is 12.3 Å². The molecule has 0 heterocycles. The number of rotatable bonds is 5. The number of sulfonamides is 1. The molecule has 0 aromatic heterocycles. The third-order valence-corrected chi connectivity index (χ3v) is 3.23. The normalized spacial score (nSPS) is 10.8. The van der Waals surface area contributed by atoms with Crippen molar-refractivity contribution in [2.75, 3.05) is 17.1 Å². The molecule has 5 nitrogen and oxygen atoms in total. The van der Waals surface area contributed by atoms with Crippen molar-refractivity contribution in [3.05, 3.63) is 29.8 Å². The second-order valence-electron chi connectivity index (χ2n) is 3.19. The summed E-state index contributed by atoms with van der Waals surface area (Å²) in [4.78, 5) is 0. The van der Waals surface area contributed by atoms with Crippen molar-refractivity contribution in [1.29, 1.82) is 5.26 Å². The highest BCUT2D eigenvalue weighted by Crippen LogP contribution is 2.11. The number of benzene rings is 1. The number of hydrogen-bond donors (Lipinski definition) is 2. The topological polar surface area (TPSA) is 90.2 Å². The maximum atomic E-state index is 11.4. The van der Waals surface area contributed by atoms with Gasteiger partial charge in [-0.05, 0) is 30.7 Å². The van der Waals surface area contributed by atoms with Crippen molar-refractivity contribution in [3.63, 3.8) is 0 Å². The van der Waals surface area contributed by atoms with Gasteiger partial charge in [0.1, 0.15) is 0 Å². The lowest BCUT2D eigenvalue weighted by Crippen LogP contribution is -2.17. The molecule has 2 N–H and O–H groups in total. The summed E-state index contributed by atoms with van der Waals surface area (Å²) in [5.41, 5.74) is 0.884. The van der Waals surface area contributed by atoms with Crippen LogP contribution in [0.3, 0.4) is 0 Å². The molecule has 0 unspecified atom stereocenters. The lowest BCUT2D eigenvalue weighted by Gasteiger charge is -2.06. The van der Waals surface area contributed by atoms with Gasteiger partial charge >= 0.3 is 0 Å². The highest BCUT2D eigenvalue weighted by molar-refractivity contribution is 7.92. The molecule has 86 valence electrons. The number of aliphatic hydroxyl groups excluding tert-OH is 1. The van der Waals surface area contributed by atoms with E-state index in [4.69, 9.17) is 10.4 Å². The Kier molecular flexibility index (Phi) is 4.28. The van der Waals surface area contributed by atoms with E-state index in [9.17, 15) is 8.42 Å². The van der Waals surface area contributed by atoms with Crippen LogP contribution in [0.25, 0.3) is 0 Å². The van der Waals surface area contributed by atoms with Crippen LogP contribution in [0, 0.1) is 11.3 Å². The van der Waals surface area contributed by atoms with Gasteiger partial charge in [-0.2, -0.15) is 5.26 Å². The Balaban J connectivity index is 2.70. The molecule has 0 bridgehead atoms. The molecule has 0 fully saturated rings. The lowest BCUT2D eigenvalue weighted by atomic mass is 10.2. The minimum absolute atomic E-state index is 0.122. The van der Waals surface area contributed by atoms with Crippen molar-refractivity contribution in [2.45, 2.75) is 6.42 Å². The summed E-state index contributed by atoms with van der Waals surface area (Å²) in [5.74, 6) is -0.122. The number of nitrogens with one attached hydrogen (secondary N) is 1. The highest BCUT2D eigenvalue weighted by atomic mass is 32.2. The largest absolute Gasteiger partial charge is 0.396 e. The molecular formula is C10H12N2O3S. The zero-order chi connectivity index (χ0) is 12.0. The molecule has 0 spiro atoms. The monoisotopic (exact) mass is 240 g/mol. The number of anilines is 1. The minimum Gasteiger partial charge on any atom is -0.396 e. The zero-order valence-corrected chi connectivity index (χ0v) is 9.37. The van der Waals surface area contributed by atoms with E-state index in [1.165, 1.54) is 24.3 Å². The molecule has 0 aliphatic heterocycles. The summed E-state index contributed by atoms with van der Waals surface area (Å²) in [6.07, 6.45) is 0.200. The number of hydrogen-bond acceptors (Lipinski definition) is 4. The van der Waals surface area contributed by atoms with Crippen LogP contribution in [-0.4, -0.2) is 25.9 Å². The van der Waals surface area contributed by atoms with Crippen LogP contribution in [0.1, 0.15) is 12.0 Å². The van der Waals surface area contributed by atoms with E-state index >= 15 is 0 Å². The Hall–Kier alpha value is -1.58. The van der Waals surface area contributed by atoms with Crippen LogP contribution in [0.2, 0.25) is 0 Å². The van der Waals surface area contributed by atoms with Crippen LogP contribution in [-0.2, 0) is 10.0 Å². The first-order valence-corrected chi connectivity index (χ1v) is 6.34. The molecule has 1 rings (SSSR count). The molecule has 0 atom stereocenters. The summed E-state index contributed by atoms with van der Waals surface area (Å²) < 4.78 is 25.2. The van der Waals surface area contributed by atoms with E-state index in [0.29, 0.717) is 11.3 Å². The van der Waals surface area contributed by atoms with Gasteiger partial charge in [0.15, 0.2) is 0 Å². The molecule has 6 heteroatoms. The van der Waals surface area contributed by atoms with Crippen molar-refractivity contribution in [2.24, 2.45) is 0 Å². The second kappa shape index (κ2) is 5.49. The molecular weight excluding hydrogens is 228 g/mol. The Labute approximate surface area is 94.4 Å². The Bertz CT molecular complexity index is 474. The number of nitrogens with zero attached hydrogens (tertiary/aromatic N) is 1. The fraction of sp³-hybridized carbons (Fsp3) is 0.300. The smallest absolute Gasteiger partial charge is 0.232 e. The first kappa shape index (κ1) is 12.5. The van der Waals surface area contributed by atoms with Gasteiger partial charge < -0.3 is 5.11 Å². The van der Waals surface area contributed by atoms with Gasteiger partial charge in [-0.3, -0.25) is 4.72 Å². The molecule has 0 aliphatic carbocycles. The van der Waals surface area contributed by atoms with Gasteiger partial charge in [-0.15, -0.1) is 0 Å². The fourth-order valence-electron chi connectivity index (χ4n) is 1.10. The van der Waals surface area contributed by atoms with Crippen LogP contribution >= 0.6 is 0 Å². The molecule has 0 aliphatic rings. The molecule has 1 aromatic rings. The first-order chi connectivity index (χ1) is 7.57. The summed E-state index contributed by atoms with van der Waals surface area (Å²) in [6, 6.07) is 8.05. The summed E-state index contributed by atoms with van der Waals surface area (Å²) >= 11 is 0. The summed E-state index contributed by atoms with van der Waals surface area (Å²) in [5, 5.41) is 17.1. The van der Waals surface area contributed by atoms with Crippen LogP contribution in [0.15, 0.2) is 24.3 Å². The van der Waals surface area contributed by atoms with Gasteiger partial charge in [0.2, 0.25) is 10.0 Å². The maximum absolute atomic E-state index is 11.4. The molecule has 0 saturated heterocycles. The molecule has 16 heavy (non-hydrogen) atoms. The van der Waals surface area contributed by atoms with Gasteiger partial charge in [0.05, 0.1) is 17.4 Å². The van der Waals surface area contributed by atoms with E-state index in [1.54, 1.807) is 0 Å². The van der Waals surface area contributed by atoms with Crippen molar-refractivity contribution >= 4 is 15.7 Å². The molecule has 0 saturated carbocycles. The summed E-state index contributed by atoms with van der Waals surface area (Å²) in [6.45, 7) is -0.158. The van der Waals surface area contributed by atoms with E-state index in [0.717, 1.165) is 0 Å². The first-order valence-electron chi connectivity index (χ1n) is 4.69. The van der Waals surface area contributed by atoms with E-state index in [2.05, 4.69) is 4.72 Å². The molecule has 0 radical (unpaired) electrons. The zero-order valence-electron chi connectivity index (χ0n) is 8.55. The quantitative estimate of drug-likeness (QED) is 0.792. The Morgan fingerprint density at radius 3 is 2.44 bits per heavy atom. The maximum Gasteiger partial charge on any atom is 0.232 e. The molecule has 0 amide bonds. The third-order valence-electron chi connectivity index (χ3n) is 1.86. The fourth-order valence-corrected chi connectivity index (χ4v) is 2.20. The predicted octanol–water partition coefficient (Wildman–Crippen LogP) is 0.682. The van der Waals surface area contributed by atoms with Gasteiger partial charge in [-0.25, -0.2) is 8.42 Å². The van der Waals surface area contributed by atoms with Crippen molar-refractivity contribution in [3.8, 4) is 6.07 Å². The average Bonchev–Trinajstić information content (AvgIpc) is 2.27. The lowest BCUT2D eigenvalue weighted by molar-refractivity contribution is 0.295. The number of nitriles is 1. The SMILES string of the molecule is N#Cc1ccc(NS(=O)(=O)CCCO)cc1. The second-order valence-corrected chi connectivity index (χ2v) is 5.03.